The minimum atomic E-state index is -0.287. The number of nitrogens with two attached hydrogens (primary N) is 1. The molecule has 2 rings (SSSR count). The lowest BCUT2D eigenvalue weighted by molar-refractivity contribution is 0.104. The van der Waals surface area contributed by atoms with Gasteiger partial charge in [0.1, 0.15) is 0 Å². The summed E-state index contributed by atoms with van der Waals surface area (Å²) in [6, 6.07) is 2.58. The topological polar surface area (TPSA) is 70.1 Å². The molecule has 2 fully saturated rings. The molecule has 2 atom stereocenters. The standard InChI is InChI=1S/C14H23N3O/c15-10-11-5-4-8-13(9-11)17(14(16)18)12-6-2-1-3-7-12/h11-13H,1-9H2,(H2,16,18). The Morgan fingerprint density at radius 1 is 1.06 bits per heavy atom. The van der Waals surface area contributed by atoms with Gasteiger partial charge in [0.2, 0.25) is 0 Å². The minimum Gasteiger partial charge on any atom is -0.351 e. The van der Waals surface area contributed by atoms with Gasteiger partial charge in [-0.1, -0.05) is 25.7 Å². The lowest BCUT2D eigenvalue weighted by Crippen LogP contribution is -2.51. The van der Waals surface area contributed by atoms with Crippen LogP contribution in [0.2, 0.25) is 0 Å². The number of primary amides is 1. The first-order chi connectivity index (χ1) is 8.72. The molecule has 0 aliphatic heterocycles. The summed E-state index contributed by atoms with van der Waals surface area (Å²) in [6.45, 7) is 0. The van der Waals surface area contributed by atoms with Crippen molar-refractivity contribution in [2.24, 2.45) is 11.7 Å². The lowest BCUT2D eigenvalue weighted by Gasteiger charge is -2.41. The Labute approximate surface area is 109 Å². The predicted molar refractivity (Wildman–Crippen MR) is 69.7 cm³/mol. The molecule has 4 heteroatoms. The highest BCUT2D eigenvalue weighted by atomic mass is 16.2. The summed E-state index contributed by atoms with van der Waals surface area (Å²) in [7, 11) is 0. The van der Waals surface area contributed by atoms with E-state index in [1.807, 2.05) is 4.90 Å². The molecule has 4 nitrogen and oxygen atoms in total. The Morgan fingerprint density at radius 3 is 2.33 bits per heavy atom. The Bertz CT molecular complexity index is 330. The van der Waals surface area contributed by atoms with Crippen LogP contribution < -0.4 is 5.73 Å². The highest BCUT2D eigenvalue weighted by Crippen LogP contribution is 2.32. The molecule has 0 aromatic rings. The average molecular weight is 249 g/mol. The number of nitrogens with zero attached hydrogens (tertiary/aromatic N) is 2. The van der Waals surface area contributed by atoms with Crippen LogP contribution in [0.1, 0.15) is 57.8 Å². The number of amides is 2. The van der Waals surface area contributed by atoms with Gasteiger partial charge in [0.05, 0.1) is 6.07 Å². The van der Waals surface area contributed by atoms with Gasteiger partial charge < -0.3 is 10.6 Å². The molecule has 0 aromatic carbocycles. The van der Waals surface area contributed by atoms with Gasteiger partial charge in [-0.15, -0.1) is 0 Å². The van der Waals surface area contributed by atoms with Crippen LogP contribution in [0.25, 0.3) is 0 Å². The SMILES string of the molecule is N#CC1CCCC(N(C(N)=O)C2CCCCC2)C1. The average Bonchev–Trinajstić information content (AvgIpc) is 2.40. The lowest BCUT2D eigenvalue weighted by atomic mass is 9.84. The fraction of sp³-hybridized carbons (Fsp3) is 0.857. The van der Waals surface area contributed by atoms with Crippen LogP contribution >= 0.6 is 0 Å². The van der Waals surface area contributed by atoms with E-state index < -0.39 is 0 Å². The molecule has 0 bridgehead atoms. The van der Waals surface area contributed by atoms with E-state index >= 15 is 0 Å². The first-order valence-electron chi connectivity index (χ1n) is 7.19. The van der Waals surface area contributed by atoms with E-state index in [0.29, 0.717) is 6.04 Å². The van der Waals surface area contributed by atoms with E-state index in [1.54, 1.807) is 0 Å². The van der Waals surface area contributed by atoms with Crippen molar-refractivity contribution < 1.29 is 4.79 Å². The highest BCUT2D eigenvalue weighted by molar-refractivity contribution is 5.72. The Kier molecular flexibility index (Phi) is 4.46. The predicted octanol–water partition coefficient (Wildman–Crippen LogP) is 2.78. The van der Waals surface area contributed by atoms with Crippen molar-refractivity contribution in [2.75, 3.05) is 0 Å². The Morgan fingerprint density at radius 2 is 1.72 bits per heavy atom. The van der Waals surface area contributed by atoms with E-state index in [0.717, 1.165) is 38.5 Å². The van der Waals surface area contributed by atoms with Gasteiger partial charge in [0.25, 0.3) is 0 Å². The molecule has 2 amide bonds. The molecule has 100 valence electrons. The molecule has 0 radical (unpaired) electrons. The molecule has 2 saturated carbocycles. The van der Waals surface area contributed by atoms with Gasteiger partial charge in [-0.3, -0.25) is 0 Å². The van der Waals surface area contributed by atoms with E-state index in [1.165, 1.54) is 19.3 Å². The summed E-state index contributed by atoms with van der Waals surface area (Å²) in [4.78, 5) is 13.7. The second-order valence-corrected chi connectivity index (χ2v) is 5.68. The zero-order valence-corrected chi connectivity index (χ0v) is 11.0. The molecule has 2 unspecified atom stereocenters. The van der Waals surface area contributed by atoms with Crippen molar-refractivity contribution in [2.45, 2.75) is 69.9 Å². The van der Waals surface area contributed by atoms with Crippen molar-refractivity contribution >= 4 is 6.03 Å². The number of rotatable bonds is 2. The summed E-state index contributed by atoms with van der Waals surface area (Å²) >= 11 is 0. The van der Waals surface area contributed by atoms with Crippen LogP contribution in [0.15, 0.2) is 0 Å². The summed E-state index contributed by atoms with van der Waals surface area (Å²) < 4.78 is 0. The maximum Gasteiger partial charge on any atom is 0.315 e. The number of nitriles is 1. The van der Waals surface area contributed by atoms with E-state index in [9.17, 15) is 4.79 Å². The van der Waals surface area contributed by atoms with E-state index in [4.69, 9.17) is 11.0 Å². The second-order valence-electron chi connectivity index (χ2n) is 5.68. The second kappa shape index (κ2) is 6.08. The third-order valence-corrected chi connectivity index (χ3v) is 4.45. The van der Waals surface area contributed by atoms with Gasteiger partial charge in [0.15, 0.2) is 0 Å². The molecule has 18 heavy (non-hydrogen) atoms. The summed E-state index contributed by atoms with van der Waals surface area (Å²) in [6.07, 6.45) is 9.67. The maximum absolute atomic E-state index is 11.8. The highest BCUT2D eigenvalue weighted by Gasteiger charge is 2.33. The van der Waals surface area contributed by atoms with Crippen LogP contribution in [-0.2, 0) is 0 Å². The smallest absolute Gasteiger partial charge is 0.315 e. The van der Waals surface area contributed by atoms with E-state index in [-0.39, 0.29) is 18.0 Å². The van der Waals surface area contributed by atoms with Crippen molar-refractivity contribution in [3.8, 4) is 6.07 Å². The molecule has 2 aliphatic rings. The van der Waals surface area contributed by atoms with Crippen LogP contribution in [0.4, 0.5) is 4.79 Å². The number of carbonyl (C=O) groups excluding carboxylic acids is 1. The molecule has 0 saturated heterocycles. The monoisotopic (exact) mass is 249 g/mol. The van der Waals surface area contributed by atoms with Gasteiger partial charge in [-0.05, 0) is 32.1 Å². The summed E-state index contributed by atoms with van der Waals surface area (Å²) in [5.41, 5.74) is 5.59. The van der Waals surface area contributed by atoms with Crippen molar-refractivity contribution in [1.82, 2.24) is 4.90 Å². The zero-order chi connectivity index (χ0) is 13.0. The molecular weight excluding hydrogens is 226 g/mol. The molecular formula is C14H23N3O. The van der Waals surface area contributed by atoms with Gasteiger partial charge >= 0.3 is 6.03 Å². The van der Waals surface area contributed by atoms with Crippen LogP contribution in [0.5, 0.6) is 0 Å². The van der Waals surface area contributed by atoms with Crippen molar-refractivity contribution in [3.63, 3.8) is 0 Å². The molecule has 0 heterocycles. The Hall–Kier alpha value is -1.24. The number of hydrogen-bond donors (Lipinski definition) is 1. The van der Waals surface area contributed by atoms with Gasteiger partial charge in [-0.2, -0.15) is 5.26 Å². The van der Waals surface area contributed by atoms with Crippen LogP contribution in [0.3, 0.4) is 0 Å². The van der Waals surface area contributed by atoms with Crippen LogP contribution in [0, 0.1) is 17.2 Å². The molecule has 2 N–H and O–H groups in total. The van der Waals surface area contributed by atoms with Gasteiger partial charge in [0, 0.05) is 18.0 Å². The normalized spacial score (nSPS) is 29.5. The third-order valence-electron chi connectivity index (χ3n) is 4.45. The minimum absolute atomic E-state index is 0.106. The first kappa shape index (κ1) is 13.2. The third kappa shape index (κ3) is 2.95. The fourth-order valence-corrected chi connectivity index (χ4v) is 3.55. The van der Waals surface area contributed by atoms with E-state index in [2.05, 4.69) is 6.07 Å². The quantitative estimate of drug-likeness (QED) is 0.817. The van der Waals surface area contributed by atoms with Crippen molar-refractivity contribution in [1.29, 1.82) is 5.26 Å². The molecule has 0 aromatic heterocycles. The van der Waals surface area contributed by atoms with Crippen LogP contribution in [-0.4, -0.2) is 23.0 Å². The maximum atomic E-state index is 11.8. The number of carbonyl (C=O) groups is 1. The largest absolute Gasteiger partial charge is 0.351 e. The first-order valence-corrected chi connectivity index (χ1v) is 7.19. The summed E-state index contributed by atoms with van der Waals surface area (Å²) in [5, 5.41) is 9.05. The van der Waals surface area contributed by atoms with Crippen molar-refractivity contribution in [3.05, 3.63) is 0 Å². The number of urea groups is 1. The fourth-order valence-electron chi connectivity index (χ4n) is 3.55. The molecule has 0 spiro atoms. The Balaban J connectivity index is 2.04. The number of hydrogen-bond acceptors (Lipinski definition) is 2. The zero-order valence-electron chi connectivity index (χ0n) is 11.0. The van der Waals surface area contributed by atoms with Gasteiger partial charge in [-0.25, -0.2) is 4.79 Å². The summed E-state index contributed by atoms with van der Waals surface area (Å²) in [5.74, 6) is 0.106. The molecule has 2 aliphatic carbocycles.